The average molecular weight is 283 g/mol. The van der Waals surface area contributed by atoms with Crippen molar-refractivity contribution in [3.8, 4) is 11.5 Å². The number of rotatable bonds is 2. The number of methoxy groups -OCH3 is 1. The molecule has 0 bridgehead atoms. The molecule has 0 saturated heterocycles. The zero-order valence-electron chi connectivity index (χ0n) is 12.7. The summed E-state index contributed by atoms with van der Waals surface area (Å²) in [5.74, 6) is 1.68. The van der Waals surface area contributed by atoms with E-state index >= 15 is 0 Å². The normalized spacial score (nSPS) is 20.6. The van der Waals surface area contributed by atoms with Crippen LogP contribution in [0.25, 0.3) is 0 Å². The number of hydrogen-bond acceptors (Lipinski definition) is 3. The molecule has 0 spiro atoms. The average Bonchev–Trinajstić information content (AvgIpc) is 2.47. The lowest BCUT2D eigenvalue weighted by molar-refractivity contribution is 0.160. The Morgan fingerprint density at radius 3 is 2.62 bits per heavy atom. The van der Waals surface area contributed by atoms with Crippen LogP contribution in [0.3, 0.4) is 0 Å². The van der Waals surface area contributed by atoms with E-state index < -0.39 is 0 Å². The number of benzene rings is 2. The second-order valence-electron chi connectivity index (χ2n) is 5.71. The fourth-order valence-electron chi connectivity index (χ4n) is 2.99. The molecule has 0 radical (unpaired) electrons. The molecule has 1 aliphatic rings. The van der Waals surface area contributed by atoms with E-state index in [4.69, 9.17) is 15.2 Å². The summed E-state index contributed by atoms with van der Waals surface area (Å²) in [4.78, 5) is 0. The minimum Gasteiger partial charge on any atom is -0.497 e. The summed E-state index contributed by atoms with van der Waals surface area (Å²) in [5, 5.41) is 0. The predicted molar refractivity (Wildman–Crippen MR) is 83.8 cm³/mol. The SMILES string of the molecule is COc1ccc2c(c1)[C@@H](N)CC(c1ccc(C)cc1C)O2. The van der Waals surface area contributed by atoms with Gasteiger partial charge in [0, 0.05) is 18.0 Å². The number of nitrogens with two attached hydrogens (primary N) is 1. The second kappa shape index (κ2) is 5.41. The molecular formula is C18H21NO2. The van der Waals surface area contributed by atoms with Crippen LogP contribution >= 0.6 is 0 Å². The van der Waals surface area contributed by atoms with Crippen molar-refractivity contribution in [1.29, 1.82) is 0 Å². The summed E-state index contributed by atoms with van der Waals surface area (Å²) in [7, 11) is 1.66. The Hall–Kier alpha value is -2.00. The molecule has 2 aromatic carbocycles. The molecule has 0 fully saturated rings. The molecule has 0 amide bonds. The third kappa shape index (κ3) is 2.61. The first-order valence-electron chi connectivity index (χ1n) is 7.26. The van der Waals surface area contributed by atoms with Crippen LogP contribution in [-0.4, -0.2) is 7.11 Å². The highest BCUT2D eigenvalue weighted by atomic mass is 16.5. The summed E-state index contributed by atoms with van der Waals surface area (Å²) in [5.41, 5.74) is 11.1. The van der Waals surface area contributed by atoms with Gasteiger partial charge in [-0.15, -0.1) is 0 Å². The first-order chi connectivity index (χ1) is 10.1. The predicted octanol–water partition coefficient (Wildman–Crippen LogP) is 3.84. The van der Waals surface area contributed by atoms with Crippen molar-refractivity contribution in [1.82, 2.24) is 0 Å². The summed E-state index contributed by atoms with van der Waals surface area (Å²) < 4.78 is 11.4. The van der Waals surface area contributed by atoms with Crippen molar-refractivity contribution in [3.05, 3.63) is 58.7 Å². The van der Waals surface area contributed by atoms with Crippen molar-refractivity contribution >= 4 is 0 Å². The lowest BCUT2D eigenvalue weighted by Crippen LogP contribution is -2.24. The monoisotopic (exact) mass is 283 g/mol. The van der Waals surface area contributed by atoms with Crippen molar-refractivity contribution in [2.45, 2.75) is 32.4 Å². The van der Waals surface area contributed by atoms with E-state index in [1.165, 1.54) is 16.7 Å². The minimum absolute atomic E-state index is 0.0153. The molecule has 1 aliphatic heterocycles. The van der Waals surface area contributed by atoms with Crippen LogP contribution in [-0.2, 0) is 0 Å². The van der Waals surface area contributed by atoms with Crippen LogP contribution in [0.1, 0.15) is 40.8 Å². The van der Waals surface area contributed by atoms with Crippen molar-refractivity contribution in [3.63, 3.8) is 0 Å². The fourth-order valence-corrected chi connectivity index (χ4v) is 2.99. The van der Waals surface area contributed by atoms with E-state index in [9.17, 15) is 0 Å². The third-order valence-corrected chi connectivity index (χ3v) is 4.13. The van der Waals surface area contributed by atoms with Gasteiger partial charge in [0.2, 0.25) is 0 Å². The molecular weight excluding hydrogens is 262 g/mol. The van der Waals surface area contributed by atoms with Gasteiger partial charge in [-0.3, -0.25) is 0 Å². The highest BCUT2D eigenvalue weighted by Gasteiger charge is 2.28. The Morgan fingerprint density at radius 2 is 1.90 bits per heavy atom. The van der Waals surface area contributed by atoms with Gasteiger partial charge in [-0.05, 0) is 43.2 Å². The second-order valence-corrected chi connectivity index (χ2v) is 5.71. The Balaban J connectivity index is 1.94. The van der Waals surface area contributed by atoms with Gasteiger partial charge in [0.25, 0.3) is 0 Å². The smallest absolute Gasteiger partial charge is 0.126 e. The maximum atomic E-state index is 6.34. The first kappa shape index (κ1) is 14.0. The molecule has 1 heterocycles. The van der Waals surface area contributed by atoms with Gasteiger partial charge in [-0.2, -0.15) is 0 Å². The zero-order valence-corrected chi connectivity index (χ0v) is 12.7. The van der Waals surface area contributed by atoms with Gasteiger partial charge in [0.15, 0.2) is 0 Å². The summed E-state index contributed by atoms with van der Waals surface area (Å²) in [6.07, 6.45) is 0.797. The summed E-state index contributed by atoms with van der Waals surface area (Å²) in [6.45, 7) is 4.23. The van der Waals surface area contributed by atoms with Crippen LogP contribution in [0.4, 0.5) is 0 Å². The Kier molecular flexibility index (Phi) is 3.60. The fraction of sp³-hybridized carbons (Fsp3) is 0.333. The molecule has 3 rings (SSSR count). The highest BCUT2D eigenvalue weighted by molar-refractivity contribution is 5.45. The van der Waals surface area contributed by atoms with Crippen molar-refractivity contribution in [2.24, 2.45) is 5.73 Å². The first-order valence-corrected chi connectivity index (χ1v) is 7.26. The lowest BCUT2D eigenvalue weighted by atomic mass is 9.91. The summed E-state index contributed by atoms with van der Waals surface area (Å²) >= 11 is 0. The molecule has 3 nitrogen and oxygen atoms in total. The molecule has 2 atom stereocenters. The number of hydrogen-bond donors (Lipinski definition) is 1. The van der Waals surface area contributed by atoms with Crippen LogP contribution in [0.2, 0.25) is 0 Å². The van der Waals surface area contributed by atoms with Gasteiger partial charge in [0.1, 0.15) is 17.6 Å². The van der Waals surface area contributed by atoms with E-state index in [1.54, 1.807) is 7.11 Å². The molecule has 0 aromatic heterocycles. The van der Waals surface area contributed by atoms with Gasteiger partial charge < -0.3 is 15.2 Å². The lowest BCUT2D eigenvalue weighted by Gasteiger charge is -2.31. The molecule has 3 heteroatoms. The van der Waals surface area contributed by atoms with Crippen molar-refractivity contribution in [2.75, 3.05) is 7.11 Å². The zero-order chi connectivity index (χ0) is 15.0. The maximum Gasteiger partial charge on any atom is 0.126 e. The Bertz CT molecular complexity index is 666. The quantitative estimate of drug-likeness (QED) is 0.911. The molecule has 0 aliphatic carbocycles. The molecule has 110 valence electrons. The van der Waals surface area contributed by atoms with E-state index in [-0.39, 0.29) is 12.1 Å². The maximum absolute atomic E-state index is 6.34. The van der Waals surface area contributed by atoms with E-state index in [0.29, 0.717) is 0 Å². The third-order valence-electron chi connectivity index (χ3n) is 4.13. The number of ether oxygens (including phenoxy) is 2. The van der Waals surface area contributed by atoms with E-state index in [2.05, 4.69) is 32.0 Å². The Labute approximate surface area is 125 Å². The molecule has 2 aromatic rings. The highest BCUT2D eigenvalue weighted by Crippen LogP contribution is 2.41. The van der Waals surface area contributed by atoms with E-state index in [1.807, 2.05) is 18.2 Å². The van der Waals surface area contributed by atoms with Crippen LogP contribution in [0.5, 0.6) is 11.5 Å². The van der Waals surface area contributed by atoms with Gasteiger partial charge in [-0.1, -0.05) is 23.8 Å². The molecule has 0 saturated carbocycles. The van der Waals surface area contributed by atoms with Crippen LogP contribution in [0.15, 0.2) is 36.4 Å². The number of fused-ring (bicyclic) bond motifs is 1. The standard InChI is InChI=1S/C18H21NO2/c1-11-4-6-14(12(2)8-11)18-10-16(19)15-9-13(20-3)5-7-17(15)21-18/h4-9,16,18H,10,19H2,1-3H3/t16-,18?/m0/s1. The van der Waals surface area contributed by atoms with Crippen molar-refractivity contribution < 1.29 is 9.47 Å². The van der Waals surface area contributed by atoms with Crippen LogP contribution < -0.4 is 15.2 Å². The van der Waals surface area contributed by atoms with Gasteiger partial charge in [0.05, 0.1) is 7.11 Å². The van der Waals surface area contributed by atoms with E-state index in [0.717, 1.165) is 23.5 Å². The Morgan fingerprint density at radius 1 is 1.10 bits per heavy atom. The van der Waals surface area contributed by atoms with Gasteiger partial charge >= 0.3 is 0 Å². The van der Waals surface area contributed by atoms with Gasteiger partial charge in [-0.25, -0.2) is 0 Å². The molecule has 2 N–H and O–H groups in total. The molecule has 21 heavy (non-hydrogen) atoms. The minimum atomic E-state index is -0.0328. The summed E-state index contributed by atoms with van der Waals surface area (Å²) in [6, 6.07) is 12.3. The van der Waals surface area contributed by atoms with Crippen LogP contribution in [0, 0.1) is 13.8 Å². The molecule has 1 unspecified atom stereocenters. The number of aryl methyl sites for hydroxylation is 2. The topological polar surface area (TPSA) is 44.5 Å². The largest absolute Gasteiger partial charge is 0.497 e.